The Hall–Kier alpha value is 0.112. The summed E-state index contributed by atoms with van der Waals surface area (Å²) in [5.41, 5.74) is 0. The molecule has 0 nitrogen and oxygen atoms in total. The molecular weight excluding hydrogens is 400 g/mol. The third-order valence-electron chi connectivity index (χ3n) is 2.87. The minimum absolute atomic E-state index is 0. The van der Waals surface area contributed by atoms with Crippen LogP contribution in [0.3, 0.4) is 0 Å². The van der Waals surface area contributed by atoms with E-state index < -0.39 is 0 Å². The fourth-order valence-corrected chi connectivity index (χ4v) is 4.45. The molecule has 0 spiro atoms. The number of hydrogen-bond acceptors (Lipinski definition) is 0. The van der Waals surface area contributed by atoms with Crippen molar-refractivity contribution in [1.82, 2.24) is 0 Å². The van der Waals surface area contributed by atoms with E-state index in [-0.39, 0.29) is 53.2 Å². The van der Waals surface area contributed by atoms with Crippen LogP contribution in [0, 0.1) is 0 Å². The Bertz CT molecular complexity index is 397. The van der Waals surface area contributed by atoms with Crippen molar-refractivity contribution in [2.75, 3.05) is 6.16 Å². The van der Waals surface area contributed by atoms with Crippen LogP contribution in [0.2, 0.25) is 0 Å². The minimum atomic E-state index is -0.157. The van der Waals surface area contributed by atoms with E-state index in [1.807, 2.05) is 0 Å². The quantitative estimate of drug-likeness (QED) is 0.386. The van der Waals surface area contributed by atoms with Crippen molar-refractivity contribution < 1.29 is 45.2 Å². The number of unbranched alkanes of at least 4 members (excludes halogenated alkanes) is 1. The number of halogens is 2. The second-order valence-corrected chi connectivity index (χ2v) is 6.51. The summed E-state index contributed by atoms with van der Waals surface area (Å²) in [6, 6.07) is 21.9. The van der Waals surface area contributed by atoms with Gasteiger partial charge in [0.15, 0.2) is 0 Å². The van der Waals surface area contributed by atoms with E-state index in [4.69, 9.17) is 0 Å². The Morgan fingerprint density at radius 2 is 1.15 bits per heavy atom. The Morgan fingerprint density at radius 1 is 0.750 bits per heavy atom. The zero-order valence-corrected chi connectivity index (χ0v) is 15.4. The summed E-state index contributed by atoms with van der Waals surface area (Å²) < 4.78 is 0. The molecule has 0 amide bonds. The summed E-state index contributed by atoms with van der Waals surface area (Å²) in [7, 11) is -0.157. The molecule has 0 N–H and O–H groups in total. The third-order valence-corrected chi connectivity index (χ3v) is 5.48. The molecule has 0 saturated carbocycles. The smallest absolute Gasteiger partial charge is 1.00 e. The van der Waals surface area contributed by atoms with Crippen LogP contribution < -0.4 is 35.4 Å². The van der Waals surface area contributed by atoms with Gasteiger partial charge in [0.2, 0.25) is 0 Å². The number of rotatable bonds is 5. The molecule has 0 bridgehead atoms. The van der Waals surface area contributed by atoms with Gasteiger partial charge in [-0.3, -0.25) is 0 Å². The predicted molar refractivity (Wildman–Crippen MR) is 78.8 cm³/mol. The average Bonchev–Trinajstić information content (AvgIpc) is 2.42. The summed E-state index contributed by atoms with van der Waals surface area (Å²) >= 11 is 0. The fourth-order valence-electron chi connectivity index (χ4n) is 1.94. The van der Waals surface area contributed by atoms with Crippen molar-refractivity contribution in [3.05, 3.63) is 60.7 Å². The summed E-state index contributed by atoms with van der Waals surface area (Å²) in [6.07, 6.45) is 3.90. The Kier molecular flexibility index (Phi) is 14.4. The van der Waals surface area contributed by atoms with E-state index >= 15 is 0 Å². The molecule has 0 fully saturated rings. The van der Waals surface area contributed by atoms with E-state index in [1.54, 1.807) is 0 Å². The molecule has 2 aromatic rings. The summed E-state index contributed by atoms with van der Waals surface area (Å²) in [5, 5.41) is 3.00. The van der Waals surface area contributed by atoms with Gasteiger partial charge in [-0.2, -0.15) is 0 Å². The molecule has 0 aliphatic heterocycles. The van der Waals surface area contributed by atoms with E-state index in [0.29, 0.717) is 0 Å². The molecule has 0 heterocycles. The standard InChI is InChI=1S/C16H19P.2ClH.Pd/c1-2-3-14-17(15-10-6-4-7-11-15)16-12-8-5-9-13-16;;;/h4-13H,2-3,14H2,1H3;2*1H;/q;;;+2/p-2. The molecule has 112 valence electrons. The molecule has 4 heteroatoms. The molecule has 0 aromatic heterocycles. The second-order valence-electron chi connectivity index (χ2n) is 4.18. The fraction of sp³-hybridized carbons (Fsp3) is 0.250. The van der Waals surface area contributed by atoms with Gasteiger partial charge in [0.05, 0.1) is 0 Å². The molecule has 20 heavy (non-hydrogen) atoms. The van der Waals surface area contributed by atoms with Crippen LogP contribution in [-0.4, -0.2) is 6.16 Å². The van der Waals surface area contributed by atoms with Crippen molar-refractivity contribution >= 4 is 18.5 Å². The molecular formula is C16H19Cl2PPd. The first kappa shape index (κ1) is 22.4. The average molecular weight is 420 g/mol. The van der Waals surface area contributed by atoms with Crippen LogP contribution in [0.25, 0.3) is 0 Å². The third kappa shape index (κ3) is 6.71. The SMILES string of the molecule is CCCCP(c1ccccc1)c1ccccc1.[Cl-].[Cl-].[Pd+2]. The van der Waals surface area contributed by atoms with Gasteiger partial charge >= 0.3 is 20.4 Å². The molecule has 0 aliphatic carbocycles. The first-order chi connectivity index (χ1) is 8.42. The van der Waals surface area contributed by atoms with Crippen LogP contribution in [0.4, 0.5) is 0 Å². The van der Waals surface area contributed by atoms with Crippen molar-refractivity contribution in [2.24, 2.45) is 0 Å². The molecule has 2 rings (SSSR count). The van der Waals surface area contributed by atoms with Crippen molar-refractivity contribution in [3.63, 3.8) is 0 Å². The predicted octanol–water partition coefficient (Wildman–Crippen LogP) is -2.08. The van der Waals surface area contributed by atoms with E-state index in [0.717, 1.165) is 0 Å². The number of benzene rings is 2. The topological polar surface area (TPSA) is 0 Å². The zero-order valence-electron chi connectivity index (χ0n) is 11.4. The van der Waals surface area contributed by atoms with Crippen LogP contribution in [0.1, 0.15) is 19.8 Å². The van der Waals surface area contributed by atoms with Gasteiger partial charge in [-0.25, -0.2) is 0 Å². The maximum absolute atomic E-state index is 2.27. The Labute approximate surface area is 150 Å². The molecule has 0 aliphatic rings. The van der Waals surface area contributed by atoms with E-state index in [2.05, 4.69) is 67.6 Å². The normalized spacial score (nSPS) is 9.10. The van der Waals surface area contributed by atoms with Gasteiger partial charge < -0.3 is 24.8 Å². The first-order valence-corrected chi connectivity index (χ1v) is 7.82. The molecule has 2 aromatic carbocycles. The largest absolute Gasteiger partial charge is 2.00 e. The van der Waals surface area contributed by atoms with Crippen molar-refractivity contribution in [2.45, 2.75) is 19.8 Å². The van der Waals surface area contributed by atoms with Gasteiger partial charge in [0, 0.05) is 0 Å². The molecule has 0 unspecified atom stereocenters. The summed E-state index contributed by atoms with van der Waals surface area (Å²) in [5.74, 6) is 0. The first-order valence-electron chi connectivity index (χ1n) is 6.29. The zero-order chi connectivity index (χ0) is 11.9. The number of hydrogen-bond donors (Lipinski definition) is 0. The van der Waals surface area contributed by atoms with Crippen LogP contribution in [0.15, 0.2) is 60.7 Å². The van der Waals surface area contributed by atoms with E-state index in [9.17, 15) is 0 Å². The monoisotopic (exact) mass is 418 g/mol. The maximum Gasteiger partial charge on any atom is 2.00 e. The minimum Gasteiger partial charge on any atom is -1.00 e. The van der Waals surface area contributed by atoms with Crippen LogP contribution in [-0.2, 0) is 20.4 Å². The Morgan fingerprint density at radius 3 is 1.50 bits per heavy atom. The maximum atomic E-state index is 2.27. The van der Waals surface area contributed by atoms with Gasteiger partial charge in [-0.15, -0.1) is 0 Å². The Balaban J connectivity index is 0. The molecule has 0 saturated heterocycles. The molecule has 0 atom stereocenters. The van der Waals surface area contributed by atoms with E-state index in [1.165, 1.54) is 29.6 Å². The van der Waals surface area contributed by atoms with Gasteiger partial charge in [0.25, 0.3) is 0 Å². The van der Waals surface area contributed by atoms with Crippen LogP contribution in [0.5, 0.6) is 0 Å². The van der Waals surface area contributed by atoms with Gasteiger partial charge in [-0.05, 0) is 31.1 Å². The van der Waals surface area contributed by atoms with Crippen LogP contribution >= 0.6 is 7.92 Å². The summed E-state index contributed by atoms with van der Waals surface area (Å²) in [6.45, 7) is 2.27. The molecule has 0 radical (unpaired) electrons. The summed E-state index contributed by atoms with van der Waals surface area (Å²) in [4.78, 5) is 0. The van der Waals surface area contributed by atoms with Crippen molar-refractivity contribution in [1.29, 1.82) is 0 Å². The van der Waals surface area contributed by atoms with Gasteiger partial charge in [-0.1, -0.05) is 74.0 Å². The van der Waals surface area contributed by atoms with Crippen molar-refractivity contribution in [3.8, 4) is 0 Å². The van der Waals surface area contributed by atoms with Gasteiger partial charge in [0.1, 0.15) is 0 Å². The second kappa shape index (κ2) is 12.8.